The SMILES string of the molecule is CCc1ccc(NS(=O)(=O)c2ccc(C#N)c(C)c2)cc1. The van der Waals surface area contributed by atoms with Crippen LogP contribution in [0.15, 0.2) is 47.4 Å². The molecule has 2 aromatic carbocycles. The monoisotopic (exact) mass is 300 g/mol. The zero-order valence-corrected chi connectivity index (χ0v) is 12.7. The van der Waals surface area contributed by atoms with E-state index in [1.54, 1.807) is 19.1 Å². The van der Waals surface area contributed by atoms with Crippen molar-refractivity contribution < 1.29 is 8.42 Å². The number of aryl methyl sites for hydroxylation is 2. The van der Waals surface area contributed by atoms with Crippen molar-refractivity contribution in [2.24, 2.45) is 0 Å². The van der Waals surface area contributed by atoms with E-state index in [1.807, 2.05) is 25.1 Å². The molecule has 1 N–H and O–H groups in total. The Morgan fingerprint density at radius 2 is 1.81 bits per heavy atom. The van der Waals surface area contributed by atoms with Crippen LogP contribution in [0.4, 0.5) is 5.69 Å². The minimum Gasteiger partial charge on any atom is -0.280 e. The highest BCUT2D eigenvalue weighted by molar-refractivity contribution is 7.92. The van der Waals surface area contributed by atoms with Gasteiger partial charge < -0.3 is 0 Å². The van der Waals surface area contributed by atoms with Crippen LogP contribution in [0.3, 0.4) is 0 Å². The maximum absolute atomic E-state index is 12.3. The Morgan fingerprint density at radius 1 is 1.14 bits per heavy atom. The molecule has 0 heterocycles. The number of hydrogen-bond acceptors (Lipinski definition) is 3. The van der Waals surface area contributed by atoms with E-state index >= 15 is 0 Å². The molecule has 0 radical (unpaired) electrons. The third-order valence-electron chi connectivity index (χ3n) is 3.24. The molecule has 0 aromatic heterocycles. The zero-order valence-electron chi connectivity index (χ0n) is 11.9. The highest BCUT2D eigenvalue weighted by atomic mass is 32.2. The number of nitrogens with zero attached hydrogens (tertiary/aromatic N) is 1. The maximum atomic E-state index is 12.3. The lowest BCUT2D eigenvalue weighted by Crippen LogP contribution is -2.13. The molecule has 0 aliphatic rings. The van der Waals surface area contributed by atoms with Crippen LogP contribution in [-0.4, -0.2) is 8.42 Å². The van der Waals surface area contributed by atoms with Crippen LogP contribution in [-0.2, 0) is 16.4 Å². The summed E-state index contributed by atoms with van der Waals surface area (Å²) in [5, 5.41) is 8.88. The van der Waals surface area contributed by atoms with E-state index in [-0.39, 0.29) is 4.90 Å². The zero-order chi connectivity index (χ0) is 15.5. The lowest BCUT2D eigenvalue weighted by Gasteiger charge is -2.09. The van der Waals surface area contributed by atoms with Gasteiger partial charge in [0.15, 0.2) is 0 Å². The van der Waals surface area contributed by atoms with Crippen molar-refractivity contribution in [2.45, 2.75) is 25.2 Å². The second-order valence-electron chi connectivity index (χ2n) is 4.74. The lowest BCUT2D eigenvalue weighted by molar-refractivity contribution is 0.601. The molecule has 0 amide bonds. The standard InChI is InChI=1S/C16H16N2O2S/c1-3-13-4-7-15(8-5-13)18-21(19,20)16-9-6-14(11-17)12(2)10-16/h4-10,18H,3H2,1-2H3. The first-order valence-corrected chi connectivity index (χ1v) is 8.07. The molecule has 108 valence electrons. The smallest absolute Gasteiger partial charge is 0.261 e. The molecule has 0 aliphatic carbocycles. The molecular formula is C16H16N2O2S. The Hall–Kier alpha value is -2.32. The van der Waals surface area contributed by atoms with Crippen LogP contribution < -0.4 is 4.72 Å². The van der Waals surface area contributed by atoms with E-state index in [9.17, 15) is 8.42 Å². The molecule has 0 unspecified atom stereocenters. The van der Waals surface area contributed by atoms with Crippen LogP contribution in [0.5, 0.6) is 0 Å². The van der Waals surface area contributed by atoms with E-state index in [0.29, 0.717) is 16.8 Å². The fourth-order valence-electron chi connectivity index (χ4n) is 1.95. The first-order valence-electron chi connectivity index (χ1n) is 6.59. The molecule has 2 aromatic rings. The summed E-state index contributed by atoms with van der Waals surface area (Å²) < 4.78 is 27.2. The second kappa shape index (κ2) is 5.98. The Kier molecular flexibility index (Phi) is 4.29. The molecule has 0 bridgehead atoms. The molecule has 4 nitrogen and oxygen atoms in total. The Balaban J connectivity index is 2.29. The second-order valence-corrected chi connectivity index (χ2v) is 6.43. The number of rotatable bonds is 4. The molecule has 2 rings (SSSR count). The van der Waals surface area contributed by atoms with Crippen molar-refractivity contribution >= 4 is 15.7 Å². The maximum Gasteiger partial charge on any atom is 0.261 e. The summed E-state index contributed by atoms with van der Waals surface area (Å²) in [7, 11) is -3.64. The van der Waals surface area contributed by atoms with Crippen molar-refractivity contribution in [3.05, 3.63) is 59.2 Å². The van der Waals surface area contributed by atoms with Crippen LogP contribution in [0.25, 0.3) is 0 Å². The Morgan fingerprint density at radius 3 is 2.33 bits per heavy atom. The van der Waals surface area contributed by atoms with Crippen molar-refractivity contribution in [1.29, 1.82) is 5.26 Å². The van der Waals surface area contributed by atoms with Crippen LogP contribution in [0.1, 0.15) is 23.6 Å². The lowest BCUT2D eigenvalue weighted by atomic mass is 10.1. The van der Waals surface area contributed by atoms with E-state index < -0.39 is 10.0 Å². The Bertz CT molecular complexity index is 788. The summed E-state index contributed by atoms with van der Waals surface area (Å²) in [5.41, 5.74) is 2.78. The first-order chi connectivity index (χ1) is 9.96. The normalized spacial score (nSPS) is 10.9. The third kappa shape index (κ3) is 3.41. The highest BCUT2D eigenvalue weighted by Crippen LogP contribution is 2.19. The summed E-state index contributed by atoms with van der Waals surface area (Å²) >= 11 is 0. The molecule has 0 fully saturated rings. The average Bonchev–Trinajstić information content (AvgIpc) is 2.47. The highest BCUT2D eigenvalue weighted by Gasteiger charge is 2.15. The molecule has 0 saturated heterocycles. The predicted octanol–water partition coefficient (Wildman–Crippen LogP) is 3.23. The van der Waals surface area contributed by atoms with Gasteiger partial charge in [0.2, 0.25) is 0 Å². The number of nitrogens with one attached hydrogen (secondary N) is 1. The van der Waals surface area contributed by atoms with Crippen LogP contribution >= 0.6 is 0 Å². The molecule has 21 heavy (non-hydrogen) atoms. The third-order valence-corrected chi connectivity index (χ3v) is 4.62. The van der Waals surface area contributed by atoms with Gasteiger partial charge in [-0.05, 0) is 54.8 Å². The van der Waals surface area contributed by atoms with Gasteiger partial charge in [-0.2, -0.15) is 5.26 Å². The van der Waals surface area contributed by atoms with E-state index in [2.05, 4.69) is 4.72 Å². The summed E-state index contributed by atoms with van der Waals surface area (Å²) in [5.74, 6) is 0. The van der Waals surface area contributed by atoms with Gasteiger partial charge in [-0.25, -0.2) is 8.42 Å². The van der Waals surface area contributed by atoms with Gasteiger partial charge in [0.05, 0.1) is 16.5 Å². The fraction of sp³-hybridized carbons (Fsp3) is 0.188. The number of nitriles is 1. The number of anilines is 1. The minimum absolute atomic E-state index is 0.151. The fourth-order valence-corrected chi connectivity index (χ4v) is 3.09. The summed E-state index contributed by atoms with van der Waals surface area (Å²) in [6, 6.07) is 13.7. The van der Waals surface area contributed by atoms with E-state index in [1.165, 1.54) is 18.2 Å². The average molecular weight is 300 g/mol. The molecule has 0 aliphatic heterocycles. The first kappa shape index (κ1) is 15.1. The number of benzene rings is 2. The number of sulfonamides is 1. The van der Waals surface area contributed by atoms with Gasteiger partial charge in [-0.15, -0.1) is 0 Å². The molecule has 0 spiro atoms. The van der Waals surface area contributed by atoms with Gasteiger partial charge in [0.1, 0.15) is 0 Å². The minimum atomic E-state index is -3.64. The topological polar surface area (TPSA) is 70.0 Å². The summed E-state index contributed by atoms with van der Waals surface area (Å²) in [4.78, 5) is 0.151. The largest absolute Gasteiger partial charge is 0.280 e. The van der Waals surface area contributed by atoms with Gasteiger partial charge in [0.25, 0.3) is 10.0 Å². The van der Waals surface area contributed by atoms with Crippen LogP contribution in [0.2, 0.25) is 0 Å². The van der Waals surface area contributed by atoms with Crippen LogP contribution in [0, 0.1) is 18.3 Å². The molecular weight excluding hydrogens is 284 g/mol. The van der Waals surface area contributed by atoms with Crippen molar-refractivity contribution in [2.75, 3.05) is 4.72 Å². The van der Waals surface area contributed by atoms with Gasteiger partial charge >= 0.3 is 0 Å². The summed E-state index contributed by atoms with van der Waals surface area (Å²) in [6.45, 7) is 3.76. The summed E-state index contributed by atoms with van der Waals surface area (Å²) in [6.07, 6.45) is 0.905. The molecule has 0 atom stereocenters. The molecule has 0 saturated carbocycles. The van der Waals surface area contributed by atoms with Gasteiger partial charge in [-0.1, -0.05) is 19.1 Å². The van der Waals surface area contributed by atoms with Crippen molar-refractivity contribution in [3.8, 4) is 6.07 Å². The van der Waals surface area contributed by atoms with E-state index in [0.717, 1.165) is 12.0 Å². The predicted molar refractivity (Wildman–Crippen MR) is 82.5 cm³/mol. The van der Waals surface area contributed by atoms with Gasteiger partial charge in [-0.3, -0.25) is 4.72 Å². The van der Waals surface area contributed by atoms with Crippen molar-refractivity contribution in [3.63, 3.8) is 0 Å². The van der Waals surface area contributed by atoms with E-state index in [4.69, 9.17) is 5.26 Å². The Labute approximate surface area is 125 Å². The van der Waals surface area contributed by atoms with Gasteiger partial charge in [0, 0.05) is 5.69 Å². The van der Waals surface area contributed by atoms with Crippen molar-refractivity contribution in [1.82, 2.24) is 0 Å². The molecule has 5 heteroatoms. The number of hydrogen-bond donors (Lipinski definition) is 1. The quantitative estimate of drug-likeness (QED) is 0.942.